The predicted molar refractivity (Wildman–Crippen MR) is 84.1 cm³/mol. The molecule has 0 amide bonds. The molecule has 1 heterocycles. The first-order valence-corrected chi connectivity index (χ1v) is 7.50. The second-order valence-corrected chi connectivity index (χ2v) is 5.65. The Bertz CT molecular complexity index is 668. The number of rotatable bonds is 3. The molecular formula is C18H19N3. The standard InChI is InChI=1S/C18H19N3/c1-13(21-18-9-8-17(11-19)20-12-18)15-7-6-14-4-2-3-5-16(14)10-15/h6-10,12-13,21H,2-5H2,1H3. The molecule has 106 valence electrons. The quantitative estimate of drug-likeness (QED) is 0.922. The molecule has 1 aliphatic rings. The van der Waals surface area contributed by atoms with Gasteiger partial charge >= 0.3 is 0 Å². The number of pyridine rings is 1. The first-order valence-electron chi connectivity index (χ1n) is 7.50. The third-order valence-electron chi connectivity index (χ3n) is 4.13. The number of nitrogens with one attached hydrogen (secondary N) is 1. The lowest BCUT2D eigenvalue weighted by Crippen LogP contribution is -2.09. The molecule has 21 heavy (non-hydrogen) atoms. The highest BCUT2D eigenvalue weighted by Crippen LogP contribution is 2.26. The van der Waals surface area contributed by atoms with E-state index in [0.29, 0.717) is 5.69 Å². The minimum Gasteiger partial charge on any atom is -0.377 e. The first kappa shape index (κ1) is 13.6. The van der Waals surface area contributed by atoms with Gasteiger partial charge in [0.15, 0.2) is 0 Å². The fourth-order valence-corrected chi connectivity index (χ4v) is 2.90. The molecule has 0 spiro atoms. The molecule has 1 N–H and O–H groups in total. The van der Waals surface area contributed by atoms with E-state index in [4.69, 9.17) is 5.26 Å². The Hall–Kier alpha value is -2.34. The van der Waals surface area contributed by atoms with Gasteiger partial charge in [0.25, 0.3) is 0 Å². The number of hydrogen-bond donors (Lipinski definition) is 1. The van der Waals surface area contributed by atoms with E-state index in [1.807, 2.05) is 12.1 Å². The number of nitrogens with zero attached hydrogens (tertiary/aromatic N) is 2. The zero-order chi connectivity index (χ0) is 14.7. The summed E-state index contributed by atoms with van der Waals surface area (Å²) in [5.74, 6) is 0. The molecule has 0 fully saturated rings. The Kier molecular flexibility index (Phi) is 3.87. The van der Waals surface area contributed by atoms with Crippen molar-refractivity contribution in [2.24, 2.45) is 0 Å². The predicted octanol–water partition coefficient (Wildman–Crippen LogP) is 4.01. The molecule has 1 aliphatic carbocycles. The maximum atomic E-state index is 8.77. The van der Waals surface area contributed by atoms with Crippen LogP contribution in [-0.2, 0) is 12.8 Å². The van der Waals surface area contributed by atoms with Crippen molar-refractivity contribution in [3.8, 4) is 6.07 Å². The van der Waals surface area contributed by atoms with Gasteiger partial charge in [0.2, 0.25) is 0 Å². The summed E-state index contributed by atoms with van der Waals surface area (Å²) in [5.41, 5.74) is 5.71. The van der Waals surface area contributed by atoms with Crippen LogP contribution < -0.4 is 5.32 Å². The van der Waals surface area contributed by atoms with Gasteiger partial charge < -0.3 is 5.32 Å². The molecule has 3 heteroatoms. The van der Waals surface area contributed by atoms with Gasteiger partial charge in [-0.25, -0.2) is 4.98 Å². The van der Waals surface area contributed by atoms with Crippen LogP contribution in [0.1, 0.15) is 48.2 Å². The molecule has 2 aromatic rings. The zero-order valence-corrected chi connectivity index (χ0v) is 12.3. The minimum absolute atomic E-state index is 0.229. The second-order valence-electron chi connectivity index (χ2n) is 5.65. The van der Waals surface area contributed by atoms with Crippen LogP contribution in [0.3, 0.4) is 0 Å². The fraction of sp³-hybridized carbons (Fsp3) is 0.333. The van der Waals surface area contributed by atoms with Gasteiger partial charge in [-0.05, 0) is 61.4 Å². The second kappa shape index (κ2) is 5.97. The van der Waals surface area contributed by atoms with Crippen molar-refractivity contribution in [1.29, 1.82) is 5.26 Å². The third-order valence-corrected chi connectivity index (χ3v) is 4.13. The van der Waals surface area contributed by atoms with Gasteiger partial charge in [-0.1, -0.05) is 18.2 Å². The number of aryl methyl sites for hydroxylation is 2. The summed E-state index contributed by atoms with van der Waals surface area (Å²) in [6.45, 7) is 2.16. The average Bonchev–Trinajstić information content (AvgIpc) is 2.55. The normalized spacial score (nSPS) is 14.9. The van der Waals surface area contributed by atoms with Crippen molar-refractivity contribution in [3.05, 3.63) is 58.9 Å². The number of nitriles is 1. The molecule has 1 atom stereocenters. The van der Waals surface area contributed by atoms with E-state index >= 15 is 0 Å². The Morgan fingerprint density at radius 1 is 1.14 bits per heavy atom. The van der Waals surface area contributed by atoms with Crippen LogP contribution >= 0.6 is 0 Å². The van der Waals surface area contributed by atoms with Crippen LogP contribution in [0.4, 0.5) is 5.69 Å². The molecule has 3 rings (SSSR count). The summed E-state index contributed by atoms with van der Waals surface area (Å²) in [7, 11) is 0. The lowest BCUT2D eigenvalue weighted by atomic mass is 9.89. The first-order chi connectivity index (χ1) is 10.3. The van der Waals surface area contributed by atoms with Crippen molar-refractivity contribution in [3.63, 3.8) is 0 Å². The molecule has 0 bridgehead atoms. The summed E-state index contributed by atoms with van der Waals surface area (Å²) < 4.78 is 0. The Labute approximate surface area is 125 Å². The summed E-state index contributed by atoms with van der Waals surface area (Å²) in [4.78, 5) is 4.09. The van der Waals surface area contributed by atoms with Crippen molar-refractivity contribution in [2.75, 3.05) is 5.32 Å². The van der Waals surface area contributed by atoms with E-state index in [1.165, 1.54) is 42.4 Å². The number of fused-ring (bicyclic) bond motifs is 1. The molecule has 0 aliphatic heterocycles. The van der Waals surface area contributed by atoms with Gasteiger partial charge in [-0.2, -0.15) is 5.26 Å². The lowest BCUT2D eigenvalue weighted by Gasteiger charge is -2.20. The van der Waals surface area contributed by atoms with E-state index in [1.54, 1.807) is 12.3 Å². The van der Waals surface area contributed by atoms with E-state index < -0.39 is 0 Å². The van der Waals surface area contributed by atoms with Gasteiger partial charge in [0.1, 0.15) is 11.8 Å². The van der Waals surface area contributed by atoms with Gasteiger partial charge in [0.05, 0.1) is 11.9 Å². The van der Waals surface area contributed by atoms with Crippen LogP contribution in [0.2, 0.25) is 0 Å². The molecular weight excluding hydrogens is 258 g/mol. The van der Waals surface area contributed by atoms with Crippen LogP contribution in [-0.4, -0.2) is 4.98 Å². The van der Waals surface area contributed by atoms with Crippen molar-refractivity contribution in [1.82, 2.24) is 4.98 Å². The molecule has 0 saturated heterocycles. The highest BCUT2D eigenvalue weighted by Gasteiger charge is 2.12. The number of anilines is 1. The Morgan fingerprint density at radius 2 is 1.95 bits per heavy atom. The highest BCUT2D eigenvalue weighted by molar-refractivity contribution is 5.46. The SMILES string of the molecule is CC(Nc1ccc(C#N)nc1)c1ccc2c(c1)CCCC2. The van der Waals surface area contributed by atoms with Gasteiger partial charge in [-0.3, -0.25) is 0 Å². The molecule has 1 aromatic carbocycles. The van der Waals surface area contributed by atoms with Crippen LogP contribution in [0.5, 0.6) is 0 Å². The molecule has 1 unspecified atom stereocenters. The van der Waals surface area contributed by atoms with Crippen molar-refractivity contribution in [2.45, 2.75) is 38.6 Å². The fourth-order valence-electron chi connectivity index (χ4n) is 2.90. The minimum atomic E-state index is 0.229. The number of benzene rings is 1. The maximum Gasteiger partial charge on any atom is 0.140 e. The van der Waals surface area contributed by atoms with E-state index in [-0.39, 0.29) is 6.04 Å². The molecule has 1 aromatic heterocycles. The average molecular weight is 277 g/mol. The van der Waals surface area contributed by atoms with Crippen molar-refractivity contribution < 1.29 is 0 Å². The van der Waals surface area contributed by atoms with E-state index in [9.17, 15) is 0 Å². The summed E-state index contributed by atoms with van der Waals surface area (Å²) in [5, 5.41) is 12.2. The third kappa shape index (κ3) is 3.05. The largest absolute Gasteiger partial charge is 0.377 e. The highest BCUT2D eigenvalue weighted by atomic mass is 14.9. The summed E-state index contributed by atoms with van der Waals surface area (Å²) >= 11 is 0. The number of hydrogen-bond acceptors (Lipinski definition) is 3. The Balaban J connectivity index is 1.75. The monoisotopic (exact) mass is 277 g/mol. The molecule has 0 saturated carbocycles. The van der Waals surface area contributed by atoms with Crippen LogP contribution in [0.25, 0.3) is 0 Å². The van der Waals surface area contributed by atoms with Crippen LogP contribution in [0, 0.1) is 11.3 Å². The van der Waals surface area contributed by atoms with E-state index in [0.717, 1.165) is 5.69 Å². The number of aromatic nitrogens is 1. The van der Waals surface area contributed by atoms with Crippen LogP contribution in [0.15, 0.2) is 36.5 Å². The maximum absolute atomic E-state index is 8.77. The van der Waals surface area contributed by atoms with Gasteiger partial charge in [-0.15, -0.1) is 0 Å². The zero-order valence-electron chi connectivity index (χ0n) is 12.3. The summed E-state index contributed by atoms with van der Waals surface area (Å²) in [6.07, 6.45) is 6.76. The molecule has 0 radical (unpaired) electrons. The topological polar surface area (TPSA) is 48.7 Å². The molecule has 3 nitrogen and oxygen atoms in total. The van der Waals surface area contributed by atoms with Gasteiger partial charge in [0, 0.05) is 6.04 Å². The van der Waals surface area contributed by atoms with Crippen molar-refractivity contribution >= 4 is 5.69 Å². The smallest absolute Gasteiger partial charge is 0.140 e. The lowest BCUT2D eigenvalue weighted by molar-refractivity contribution is 0.683. The summed E-state index contributed by atoms with van der Waals surface area (Å²) in [6, 6.07) is 12.7. The Morgan fingerprint density at radius 3 is 2.67 bits per heavy atom. The van der Waals surface area contributed by atoms with E-state index in [2.05, 4.69) is 35.4 Å².